The Morgan fingerprint density at radius 3 is 2.47 bits per heavy atom. The van der Waals surface area contributed by atoms with Crippen LogP contribution in [0.15, 0.2) is 42.0 Å². The van der Waals surface area contributed by atoms with Gasteiger partial charge in [-0.05, 0) is 41.9 Å². The molecule has 1 saturated heterocycles. The van der Waals surface area contributed by atoms with Crippen LogP contribution in [0.2, 0.25) is 0 Å². The van der Waals surface area contributed by atoms with Gasteiger partial charge in [-0.3, -0.25) is 4.79 Å². The van der Waals surface area contributed by atoms with Crippen molar-refractivity contribution in [2.24, 2.45) is 5.92 Å². The standard InChI is InChI=1S/C25H31N5OS/c1-16(2)19-6-7-20(21(14-19)17(3)4)22-15-32-25(28-22)29-23(31)18-8-12-30(13-9-18)24-26-10-5-11-27-24/h5-7,10-11,14-18H,8-9,12-13H2,1-4H3,(H,28,29,31). The first-order chi connectivity index (χ1) is 15.4. The van der Waals surface area contributed by atoms with Gasteiger partial charge in [0.1, 0.15) is 0 Å². The summed E-state index contributed by atoms with van der Waals surface area (Å²) in [5.74, 6) is 1.67. The Labute approximate surface area is 194 Å². The van der Waals surface area contributed by atoms with Gasteiger partial charge in [0.25, 0.3) is 0 Å². The number of carbonyl (C=O) groups is 1. The summed E-state index contributed by atoms with van der Waals surface area (Å²) in [5, 5.41) is 5.76. The Balaban J connectivity index is 1.41. The summed E-state index contributed by atoms with van der Waals surface area (Å²) < 4.78 is 0. The largest absolute Gasteiger partial charge is 0.341 e. The molecular formula is C25H31N5OS. The molecule has 1 aliphatic rings. The van der Waals surface area contributed by atoms with Gasteiger partial charge in [0.2, 0.25) is 11.9 Å². The Morgan fingerprint density at radius 1 is 1.09 bits per heavy atom. The van der Waals surface area contributed by atoms with E-state index in [-0.39, 0.29) is 11.8 Å². The molecule has 0 spiro atoms. The van der Waals surface area contributed by atoms with E-state index in [1.807, 2.05) is 11.4 Å². The number of aromatic nitrogens is 3. The van der Waals surface area contributed by atoms with Gasteiger partial charge in [0.15, 0.2) is 5.13 Å². The topological polar surface area (TPSA) is 71.0 Å². The van der Waals surface area contributed by atoms with E-state index in [4.69, 9.17) is 4.98 Å². The fourth-order valence-electron chi connectivity index (χ4n) is 4.11. The van der Waals surface area contributed by atoms with Crippen LogP contribution in [-0.4, -0.2) is 33.9 Å². The number of hydrogen-bond donors (Lipinski definition) is 1. The van der Waals surface area contributed by atoms with Crippen LogP contribution in [0.5, 0.6) is 0 Å². The Morgan fingerprint density at radius 2 is 1.81 bits per heavy atom. The van der Waals surface area contributed by atoms with E-state index in [1.165, 1.54) is 22.5 Å². The first-order valence-electron chi connectivity index (χ1n) is 11.3. The van der Waals surface area contributed by atoms with E-state index >= 15 is 0 Å². The molecule has 0 unspecified atom stereocenters. The number of piperidine rings is 1. The average molecular weight is 450 g/mol. The van der Waals surface area contributed by atoms with Crippen molar-refractivity contribution in [3.63, 3.8) is 0 Å². The Hall–Kier alpha value is -2.80. The van der Waals surface area contributed by atoms with Crippen LogP contribution in [0.1, 0.15) is 63.5 Å². The van der Waals surface area contributed by atoms with Crippen molar-refractivity contribution < 1.29 is 4.79 Å². The quantitative estimate of drug-likeness (QED) is 0.522. The molecule has 7 heteroatoms. The number of nitrogens with one attached hydrogen (secondary N) is 1. The second kappa shape index (κ2) is 9.77. The molecule has 168 valence electrons. The molecule has 0 saturated carbocycles. The van der Waals surface area contributed by atoms with E-state index in [1.54, 1.807) is 12.4 Å². The fraction of sp³-hybridized carbons (Fsp3) is 0.440. The van der Waals surface area contributed by atoms with Crippen molar-refractivity contribution >= 4 is 28.3 Å². The van der Waals surface area contributed by atoms with Gasteiger partial charge in [0.05, 0.1) is 5.69 Å². The summed E-state index contributed by atoms with van der Waals surface area (Å²) in [6, 6.07) is 8.47. The molecule has 0 atom stereocenters. The van der Waals surface area contributed by atoms with Crippen LogP contribution in [0.25, 0.3) is 11.3 Å². The highest BCUT2D eigenvalue weighted by molar-refractivity contribution is 7.14. The maximum atomic E-state index is 12.9. The van der Waals surface area contributed by atoms with E-state index in [2.05, 4.69) is 66.1 Å². The molecule has 0 aliphatic carbocycles. The predicted octanol–water partition coefficient (Wildman–Crippen LogP) is 5.70. The van der Waals surface area contributed by atoms with Crippen LogP contribution in [0.3, 0.4) is 0 Å². The lowest BCUT2D eigenvalue weighted by atomic mass is 9.90. The first kappa shape index (κ1) is 22.4. The number of nitrogens with zero attached hydrogens (tertiary/aromatic N) is 4. The number of carbonyl (C=O) groups excluding carboxylic acids is 1. The van der Waals surface area contributed by atoms with Gasteiger partial charge in [-0.25, -0.2) is 15.0 Å². The molecule has 32 heavy (non-hydrogen) atoms. The van der Waals surface area contributed by atoms with Gasteiger partial charge < -0.3 is 10.2 Å². The van der Waals surface area contributed by atoms with Gasteiger partial charge in [-0.15, -0.1) is 11.3 Å². The minimum Gasteiger partial charge on any atom is -0.341 e. The molecule has 1 fully saturated rings. The summed E-state index contributed by atoms with van der Waals surface area (Å²) in [6.07, 6.45) is 5.08. The number of amides is 1. The smallest absolute Gasteiger partial charge is 0.229 e. The molecule has 2 aromatic heterocycles. The van der Waals surface area contributed by atoms with Crippen LogP contribution in [0.4, 0.5) is 11.1 Å². The van der Waals surface area contributed by atoms with Crippen LogP contribution < -0.4 is 10.2 Å². The zero-order chi connectivity index (χ0) is 22.7. The predicted molar refractivity (Wildman–Crippen MR) is 131 cm³/mol. The summed E-state index contributed by atoms with van der Waals surface area (Å²) >= 11 is 1.49. The SMILES string of the molecule is CC(C)c1ccc(-c2csc(NC(=O)C3CCN(c4ncccn4)CC3)n2)c(C(C)C)c1. The zero-order valence-corrected chi connectivity index (χ0v) is 20.0. The Kier molecular flexibility index (Phi) is 6.84. The molecule has 1 aliphatic heterocycles. The van der Waals surface area contributed by atoms with Gasteiger partial charge >= 0.3 is 0 Å². The number of rotatable bonds is 6. The molecule has 0 radical (unpaired) electrons. The second-order valence-electron chi connectivity index (χ2n) is 8.99. The number of benzene rings is 1. The van der Waals surface area contributed by atoms with Crippen molar-refractivity contribution in [1.82, 2.24) is 15.0 Å². The maximum Gasteiger partial charge on any atom is 0.229 e. The molecule has 4 rings (SSSR count). The lowest BCUT2D eigenvalue weighted by molar-refractivity contribution is -0.120. The summed E-state index contributed by atoms with van der Waals surface area (Å²) in [5.41, 5.74) is 4.72. The normalized spacial score (nSPS) is 14.9. The molecule has 3 heterocycles. The second-order valence-corrected chi connectivity index (χ2v) is 9.85. The first-order valence-corrected chi connectivity index (χ1v) is 12.2. The van der Waals surface area contributed by atoms with E-state index in [0.29, 0.717) is 17.0 Å². The minimum absolute atomic E-state index is 0.0149. The zero-order valence-electron chi connectivity index (χ0n) is 19.2. The number of anilines is 2. The highest BCUT2D eigenvalue weighted by Crippen LogP contribution is 2.34. The fourth-order valence-corrected chi connectivity index (χ4v) is 4.82. The van der Waals surface area contributed by atoms with E-state index < -0.39 is 0 Å². The third kappa shape index (κ3) is 4.99. The molecule has 0 bridgehead atoms. The van der Waals surface area contributed by atoms with Crippen LogP contribution in [-0.2, 0) is 4.79 Å². The van der Waals surface area contributed by atoms with Gasteiger partial charge in [0, 0.05) is 42.3 Å². The van der Waals surface area contributed by atoms with E-state index in [9.17, 15) is 4.79 Å². The number of hydrogen-bond acceptors (Lipinski definition) is 6. The van der Waals surface area contributed by atoms with Gasteiger partial charge in [-0.1, -0.05) is 45.9 Å². The third-order valence-corrected chi connectivity index (χ3v) is 6.83. The van der Waals surface area contributed by atoms with Gasteiger partial charge in [-0.2, -0.15) is 0 Å². The molecular weight excluding hydrogens is 418 g/mol. The molecule has 1 amide bonds. The lowest BCUT2D eigenvalue weighted by Gasteiger charge is -2.30. The molecule has 1 N–H and O–H groups in total. The monoisotopic (exact) mass is 449 g/mol. The average Bonchev–Trinajstić information content (AvgIpc) is 3.27. The molecule has 3 aromatic rings. The highest BCUT2D eigenvalue weighted by Gasteiger charge is 2.26. The van der Waals surface area contributed by atoms with Crippen molar-refractivity contribution in [3.05, 3.63) is 53.2 Å². The number of thiazole rings is 1. The van der Waals surface area contributed by atoms with Crippen molar-refractivity contribution in [2.45, 2.75) is 52.4 Å². The summed E-state index contributed by atoms with van der Waals surface area (Å²) in [7, 11) is 0. The molecule has 6 nitrogen and oxygen atoms in total. The van der Waals surface area contributed by atoms with E-state index in [0.717, 1.165) is 43.1 Å². The van der Waals surface area contributed by atoms with Crippen molar-refractivity contribution in [2.75, 3.05) is 23.3 Å². The van der Waals surface area contributed by atoms with Crippen molar-refractivity contribution in [3.8, 4) is 11.3 Å². The summed E-state index contributed by atoms with van der Waals surface area (Å²) in [4.78, 5) is 28.4. The molecule has 1 aromatic carbocycles. The summed E-state index contributed by atoms with van der Waals surface area (Å²) in [6.45, 7) is 10.4. The minimum atomic E-state index is -0.0149. The maximum absolute atomic E-state index is 12.9. The lowest BCUT2D eigenvalue weighted by Crippen LogP contribution is -2.38. The van der Waals surface area contributed by atoms with Crippen LogP contribution in [0, 0.1) is 5.92 Å². The highest BCUT2D eigenvalue weighted by atomic mass is 32.1. The Bertz CT molecular complexity index is 1060. The third-order valence-electron chi connectivity index (χ3n) is 6.08. The van der Waals surface area contributed by atoms with Crippen molar-refractivity contribution in [1.29, 1.82) is 0 Å². The van der Waals surface area contributed by atoms with Crippen LogP contribution >= 0.6 is 11.3 Å².